The van der Waals surface area contributed by atoms with Crippen LogP contribution in [0, 0.1) is 0 Å². The van der Waals surface area contributed by atoms with E-state index in [1.165, 1.54) is 5.56 Å². The first-order valence-corrected chi connectivity index (χ1v) is 4.98. The lowest BCUT2D eigenvalue weighted by atomic mass is 10.0. The Labute approximate surface area is 85.3 Å². The molecular formula is C12H17NO. The molecule has 0 aliphatic rings. The number of nitrogens with one attached hydrogen (secondary N) is 1. The summed E-state index contributed by atoms with van der Waals surface area (Å²) in [6.45, 7) is 1.90. The van der Waals surface area contributed by atoms with Crippen LogP contribution in [0.4, 0.5) is 0 Å². The molecule has 76 valence electrons. The normalized spacial score (nSPS) is 12.4. The molecule has 0 aliphatic carbocycles. The summed E-state index contributed by atoms with van der Waals surface area (Å²) in [5.74, 6) is 0.274. The zero-order valence-electron chi connectivity index (χ0n) is 8.79. The Kier molecular flexibility index (Phi) is 4.33. The second-order valence-electron chi connectivity index (χ2n) is 3.46. The zero-order valence-corrected chi connectivity index (χ0v) is 8.79. The number of rotatable bonds is 5. The molecule has 1 rings (SSSR count). The zero-order chi connectivity index (χ0) is 10.4. The van der Waals surface area contributed by atoms with Gasteiger partial charge < -0.3 is 5.32 Å². The molecule has 0 amide bonds. The van der Waals surface area contributed by atoms with Gasteiger partial charge in [0.1, 0.15) is 5.78 Å². The maximum atomic E-state index is 11.5. The van der Waals surface area contributed by atoms with Gasteiger partial charge >= 0.3 is 0 Å². The molecule has 0 saturated heterocycles. The monoisotopic (exact) mass is 191 g/mol. The molecule has 2 heteroatoms. The lowest BCUT2D eigenvalue weighted by molar-refractivity contribution is -0.120. The van der Waals surface area contributed by atoms with Crippen molar-refractivity contribution in [3.8, 4) is 0 Å². The second-order valence-corrected chi connectivity index (χ2v) is 3.46. The standard InChI is InChI=1S/C12H17NO/c1-10(13-2)12(14)9-8-11-6-4-3-5-7-11/h3-7,10,13H,8-9H2,1-2H3/t10-/m0/s1. The van der Waals surface area contributed by atoms with E-state index in [1.54, 1.807) is 0 Å². The SMILES string of the molecule is CN[C@@H](C)C(=O)CCc1ccccc1. The predicted molar refractivity (Wildman–Crippen MR) is 58.3 cm³/mol. The molecule has 0 radical (unpaired) electrons. The summed E-state index contributed by atoms with van der Waals surface area (Å²) in [6, 6.07) is 10.1. The maximum absolute atomic E-state index is 11.5. The van der Waals surface area contributed by atoms with Gasteiger partial charge in [-0.1, -0.05) is 30.3 Å². The lowest BCUT2D eigenvalue weighted by Crippen LogP contribution is -2.30. The fourth-order valence-electron chi connectivity index (χ4n) is 1.29. The summed E-state index contributed by atoms with van der Waals surface area (Å²) in [6.07, 6.45) is 1.46. The molecule has 2 nitrogen and oxygen atoms in total. The Morgan fingerprint density at radius 3 is 2.57 bits per heavy atom. The molecule has 0 aromatic heterocycles. The van der Waals surface area contributed by atoms with Crippen molar-refractivity contribution in [2.45, 2.75) is 25.8 Å². The molecule has 1 N–H and O–H groups in total. The van der Waals surface area contributed by atoms with Crippen molar-refractivity contribution in [3.05, 3.63) is 35.9 Å². The summed E-state index contributed by atoms with van der Waals surface area (Å²) >= 11 is 0. The maximum Gasteiger partial charge on any atom is 0.149 e. The molecule has 1 aromatic carbocycles. The van der Waals surface area contributed by atoms with Gasteiger partial charge in [0.25, 0.3) is 0 Å². The molecule has 0 saturated carbocycles. The average molecular weight is 191 g/mol. The predicted octanol–water partition coefficient (Wildman–Crippen LogP) is 1.80. The second kappa shape index (κ2) is 5.55. The molecule has 0 aliphatic heterocycles. The van der Waals surface area contributed by atoms with Crippen LogP contribution in [0.25, 0.3) is 0 Å². The largest absolute Gasteiger partial charge is 0.311 e. The quantitative estimate of drug-likeness (QED) is 0.769. The van der Waals surface area contributed by atoms with Gasteiger partial charge in [-0.25, -0.2) is 0 Å². The molecule has 0 bridgehead atoms. The van der Waals surface area contributed by atoms with E-state index in [9.17, 15) is 4.79 Å². The summed E-state index contributed by atoms with van der Waals surface area (Å²) < 4.78 is 0. The summed E-state index contributed by atoms with van der Waals surface area (Å²) in [5, 5.41) is 2.95. The van der Waals surface area contributed by atoms with Crippen LogP contribution in [0.2, 0.25) is 0 Å². The van der Waals surface area contributed by atoms with Crippen molar-refractivity contribution in [2.75, 3.05) is 7.05 Å². The number of carbonyl (C=O) groups is 1. The van der Waals surface area contributed by atoms with Gasteiger partial charge in [0.2, 0.25) is 0 Å². The van der Waals surface area contributed by atoms with Crippen molar-refractivity contribution in [3.63, 3.8) is 0 Å². The third-order valence-electron chi connectivity index (χ3n) is 2.42. The van der Waals surface area contributed by atoms with Crippen LogP contribution < -0.4 is 5.32 Å². The number of hydrogen-bond donors (Lipinski definition) is 1. The highest BCUT2D eigenvalue weighted by molar-refractivity contribution is 5.83. The number of aryl methyl sites for hydroxylation is 1. The van der Waals surface area contributed by atoms with Crippen LogP contribution in [0.5, 0.6) is 0 Å². The highest BCUT2D eigenvalue weighted by Crippen LogP contribution is 2.03. The first-order valence-electron chi connectivity index (χ1n) is 4.98. The van der Waals surface area contributed by atoms with E-state index in [0.29, 0.717) is 6.42 Å². The average Bonchev–Trinajstić information content (AvgIpc) is 2.26. The summed E-state index contributed by atoms with van der Waals surface area (Å²) in [4.78, 5) is 11.5. The van der Waals surface area contributed by atoms with Gasteiger partial charge in [-0.05, 0) is 26.0 Å². The summed E-state index contributed by atoms with van der Waals surface area (Å²) in [5.41, 5.74) is 1.23. The molecular weight excluding hydrogens is 174 g/mol. The first-order chi connectivity index (χ1) is 6.74. The summed E-state index contributed by atoms with van der Waals surface area (Å²) in [7, 11) is 1.81. The van der Waals surface area contributed by atoms with Crippen molar-refractivity contribution >= 4 is 5.78 Å². The van der Waals surface area contributed by atoms with Crippen LogP contribution in [-0.4, -0.2) is 18.9 Å². The van der Waals surface area contributed by atoms with Crippen molar-refractivity contribution in [1.82, 2.24) is 5.32 Å². The smallest absolute Gasteiger partial charge is 0.149 e. The molecule has 0 spiro atoms. The minimum Gasteiger partial charge on any atom is -0.311 e. The van der Waals surface area contributed by atoms with E-state index < -0.39 is 0 Å². The van der Waals surface area contributed by atoms with Gasteiger partial charge in [-0.2, -0.15) is 0 Å². The van der Waals surface area contributed by atoms with E-state index in [2.05, 4.69) is 17.4 Å². The number of ketones is 1. The number of Topliss-reactive ketones (excluding diaryl/α,β-unsaturated/α-hetero) is 1. The van der Waals surface area contributed by atoms with E-state index in [-0.39, 0.29) is 11.8 Å². The Morgan fingerprint density at radius 1 is 1.36 bits per heavy atom. The third-order valence-corrected chi connectivity index (χ3v) is 2.42. The number of carbonyl (C=O) groups excluding carboxylic acids is 1. The van der Waals surface area contributed by atoms with Crippen LogP contribution in [0.1, 0.15) is 18.9 Å². The van der Waals surface area contributed by atoms with Crippen molar-refractivity contribution in [2.24, 2.45) is 0 Å². The van der Waals surface area contributed by atoms with E-state index >= 15 is 0 Å². The minimum absolute atomic E-state index is 0.0290. The topological polar surface area (TPSA) is 29.1 Å². The van der Waals surface area contributed by atoms with Gasteiger partial charge in [-0.3, -0.25) is 4.79 Å². The fraction of sp³-hybridized carbons (Fsp3) is 0.417. The van der Waals surface area contributed by atoms with Gasteiger partial charge in [0.05, 0.1) is 6.04 Å². The number of benzene rings is 1. The van der Waals surface area contributed by atoms with Gasteiger partial charge in [0, 0.05) is 6.42 Å². The van der Waals surface area contributed by atoms with Crippen LogP contribution in [-0.2, 0) is 11.2 Å². The van der Waals surface area contributed by atoms with Crippen molar-refractivity contribution < 1.29 is 4.79 Å². The van der Waals surface area contributed by atoms with E-state index in [1.807, 2.05) is 32.2 Å². The Morgan fingerprint density at radius 2 is 2.00 bits per heavy atom. The van der Waals surface area contributed by atoms with Crippen LogP contribution >= 0.6 is 0 Å². The first kappa shape index (κ1) is 10.9. The van der Waals surface area contributed by atoms with Crippen LogP contribution in [0.15, 0.2) is 30.3 Å². The molecule has 1 aromatic rings. The number of likely N-dealkylation sites (N-methyl/N-ethyl adjacent to an activating group) is 1. The lowest BCUT2D eigenvalue weighted by Gasteiger charge is -2.08. The van der Waals surface area contributed by atoms with Gasteiger partial charge in [0.15, 0.2) is 0 Å². The fourth-order valence-corrected chi connectivity index (χ4v) is 1.29. The van der Waals surface area contributed by atoms with Gasteiger partial charge in [-0.15, -0.1) is 0 Å². The third kappa shape index (κ3) is 3.30. The van der Waals surface area contributed by atoms with Crippen LogP contribution in [0.3, 0.4) is 0 Å². The highest BCUT2D eigenvalue weighted by Gasteiger charge is 2.09. The number of hydrogen-bond acceptors (Lipinski definition) is 2. The Hall–Kier alpha value is -1.15. The molecule has 0 unspecified atom stereocenters. The van der Waals surface area contributed by atoms with E-state index in [4.69, 9.17) is 0 Å². The molecule has 1 atom stereocenters. The highest BCUT2D eigenvalue weighted by atomic mass is 16.1. The Balaban J connectivity index is 2.38. The molecule has 0 fully saturated rings. The molecule has 14 heavy (non-hydrogen) atoms. The van der Waals surface area contributed by atoms with E-state index in [0.717, 1.165) is 6.42 Å². The Bertz CT molecular complexity index is 282. The molecule has 0 heterocycles. The minimum atomic E-state index is -0.0290. The van der Waals surface area contributed by atoms with Crippen molar-refractivity contribution in [1.29, 1.82) is 0 Å².